The predicted octanol–water partition coefficient (Wildman–Crippen LogP) is 1.48. The Labute approximate surface area is 137 Å². The van der Waals surface area contributed by atoms with E-state index >= 15 is 0 Å². The highest BCUT2D eigenvalue weighted by Gasteiger charge is 2.16. The minimum atomic E-state index is -0.550. The van der Waals surface area contributed by atoms with Crippen molar-refractivity contribution in [3.8, 4) is 6.19 Å². The van der Waals surface area contributed by atoms with E-state index in [-0.39, 0.29) is 22.0 Å². The number of carbonyl (C=O) groups is 2. The molecule has 0 atom stereocenters. The molecule has 1 aromatic carbocycles. The first-order valence-corrected chi connectivity index (χ1v) is 8.36. The van der Waals surface area contributed by atoms with E-state index in [9.17, 15) is 9.59 Å². The van der Waals surface area contributed by atoms with Crippen LogP contribution in [-0.2, 0) is 20.4 Å². The van der Waals surface area contributed by atoms with Gasteiger partial charge in [-0.3, -0.25) is 0 Å². The van der Waals surface area contributed by atoms with E-state index < -0.39 is 11.9 Å². The number of hydrogen-bond acceptors (Lipinski definition) is 6. The zero-order valence-corrected chi connectivity index (χ0v) is 14.3. The second-order valence-corrected chi connectivity index (χ2v) is 6.58. The lowest BCUT2D eigenvalue weighted by molar-refractivity contribution is 0.0555. The summed E-state index contributed by atoms with van der Waals surface area (Å²) in [4.78, 5) is 22.4. The summed E-state index contributed by atoms with van der Waals surface area (Å²) in [6.45, 7) is 0. The monoisotopic (exact) mass is 341 g/mol. The molecule has 1 N–H and O–H groups in total. The Morgan fingerprint density at radius 1 is 1.14 bits per heavy atom. The number of hydrogen-bond donors (Lipinski definition) is 1. The van der Waals surface area contributed by atoms with Crippen LogP contribution in [0, 0.1) is 11.5 Å². The molecule has 1 rings (SSSR count). The number of ether oxygens (including phenoxy) is 2. The van der Waals surface area contributed by atoms with Crippen molar-refractivity contribution in [1.82, 2.24) is 5.32 Å². The molecule has 0 heterocycles. The molecule has 0 fully saturated rings. The molecule has 0 spiro atoms. The molecule has 1 aromatic rings. The van der Waals surface area contributed by atoms with E-state index in [0.29, 0.717) is 4.32 Å². The van der Waals surface area contributed by atoms with Gasteiger partial charge in [-0.05, 0) is 24.4 Å². The maximum atomic E-state index is 11.2. The summed E-state index contributed by atoms with van der Waals surface area (Å²) in [7, 11) is 2.56. The van der Waals surface area contributed by atoms with Gasteiger partial charge < -0.3 is 9.47 Å². The van der Waals surface area contributed by atoms with Crippen LogP contribution in [0.2, 0.25) is 0 Å². The molecule has 22 heavy (non-hydrogen) atoms. The molecule has 0 aromatic heterocycles. The Hall–Kier alpha value is -2.11. The number of carbonyl (C=O) groups excluding carboxylic acids is 2. The first-order chi connectivity index (χ1) is 10.4. The lowest BCUT2D eigenvalue weighted by Crippen LogP contribution is -2.23. The van der Waals surface area contributed by atoms with Crippen LogP contribution in [0.3, 0.4) is 0 Å². The number of methoxy groups -OCH3 is 2. The zero-order chi connectivity index (χ0) is 17.1. The number of benzene rings is 1. The summed E-state index contributed by atoms with van der Waals surface area (Å²) in [5.41, 5.74) is 0.420. The lowest BCUT2D eigenvalue weighted by Gasteiger charge is -2.04. The lowest BCUT2D eigenvalue weighted by atomic mass is 10.1. The Kier molecular flexibility index (Phi) is 9.58. The molecule has 6 nitrogen and oxygen atoms in total. The van der Waals surface area contributed by atoms with Crippen LogP contribution in [0.25, 0.3) is 0 Å². The fourth-order valence-electron chi connectivity index (χ4n) is 1.21. The van der Waals surface area contributed by atoms with Crippen molar-refractivity contribution < 1.29 is 19.1 Å². The molecule has 0 aliphatic carbocycles. The number of rotatable bonds is 2. The molecule has 8 heteroatoms. The van der Waals surface area contributed by atoms with Crippen LogP contribution in [-0.4, -0.2) is 43.0 Å². The topological polar surface area (TPSA) is 88.4 Å². The van der Waals surface area contributed by atoms with E-state index in [1.807, 2.05) is 12.5 Å². The zero-order valence-electron chi connectivity index (χ0n) is 12.7. The van der Waals surface area contributed by atoms with Gasteiger partial charge in [0.1, 0.15) is 12.5 Å². The second-order valence-electron chi connectivity index (χ2n) is 3.87. The summed E-state index contributed by atoms with van der Waals surface area (Å²) in [6, 6.07) is 6.33. The van der Waals surface area contributed by atoms with Gasteiger partial charge in [-0.25, -0.2) is 14.9 Å². The summed E-state index contributed by atoms with van der Waals surface area (Å²) in [6.07, 6.45) is 5.69. The minimum absolute atomic E-state index is 0.0377. The van der Waals surface area contributed by atoms with E-state index in [2.05, 4.69) is 14.8 Å². The first-order valence-electron chi connectivity index (χ1n) is 5.91. The highest BCUT2D eigenvalue weighted by molar-refractivity contribution is 8.19. The summed E-state index contributed by atoms with van der Waals surface area (Å²) in [5, 5.41) is 10.4. The van der Waals surface area contributed by atoms with Crippen molar-refractivity contribution in [2.45, 2.75) is 0 Å². The van der Waals surface area contributed by atoms with Gasteiger partial charge >= 0.3 is 11.9 Å². The van der Waals surface area contributed by atoms with Gasteiger partial charge in [-0.1, -0.05) is 12.1 Å². The van der Waals surface area contributed by atoms with Crippen LogP contribution in [0.5, 0.6) is 0 Å². The summed E-state index contributed by atoms with van der Waals surface area (Å²) < 4.78 is 9.68. The molecule has 0 saturated carbocycles. The van der Waals surface area contributed by atoms with Gasteiger partial charge in [0, 0.05) is 10.9 Å². The quantitative estimate of drug-likeness (QED) is 0.286. The van der Waals surface area contributed by atoms with Crippen molar-refractivity contribution in [2.75, 3.05) is 26.7 Å². The average molecular weight is 341 g/mol. The third-order valence-electron chi connectivity index (χ3n) is 2.27. The number of nitrogens with zero attached hydrogens (tertiary/aromatic N) is 1. The Balaban J connectivity index is 0.000000472. The molecule has 0 radical (unpaired) electrons. The molecular formula is C14H17N2O4S2+. The van der Waals surface area contributed by atoms with Gasteiger partial charge in [0.2, 0.25) is 0 Å². The smallest absolute Gasteiger partial charge is 0.338 e. The van der Waals surface area contributed by atoms with E-state index in [4.69, 9.17) is 17.5 Å². The normalized spacial score (nSPS) is 8.91. The molecule has 0 amide bonds. The number of nitriles is 1. The highest BCUT2D eigenvalue weighted by atomic mass is 32.2. The second kappa shape index (κ2) is 10.6. The average Bonchev–Trinajstić information content (AvgIpc) is 2.54. The highest BCUT2D eigenvalue weighted by Crippen LogP contribution is 2.10. The van der Waals surface area contributed by atoms with Crippen LogP contribution in [0.1, 0.15) is 20.7 Å². The maximum absolute atomic E-state index is 11.2. The molecule has 0 aliphatic heterocycles. The maximum Gasteiger partial charge on any atom is 0.338 e. The van der Waals surface area contributed by atoms with Crippen molar-refractivity contribution in [3.63, 3.8) is 0 Å². The predicted molar refractivity (Wildman–Crippen MR) is 89.7 cm³/mol. The van der Waals surface area contributed by atoms with Gasteiger partial charge in [0.15, 0.2) is 6.19 Å². The molecule has 0 bridgehead atoms. The van der Waals surface area contributed by atoms with Crippen molar-refractivity contribution in [3.05, 3.63) is 35.4 Å². The number of esters is 2. The number of nitrogens with one attached hydrogen (secondary N) is 1. The standard InChI is InChI=1S/C10H10O4.C4H6N2S2/c1-13-9(11)7-5-3-4-6-8(7)10(12)14-2;1-8(2)4(7)6-3-5/h3-6H,1-2H3;1-2H3/p+1. The fourth-order valence-corrected chi connectivity index (χ4v) is 1.50. The largest absolute Gasteiger partial charge is 0.465 e. The Morgan fingerprint density at radius 3 is 1.77 bits per heavy atom. The van der Waals surface area contributed by atoms with Crippen LogP contribution < -0.4 is 5.32 Å². The minimum Gasteiger partial charge on any atom is -0.465 e. The van der Waals surface area contributed by atoms with Crippen molar-refractivity contribution >= 4 is 39.4 Å². The third-order valence-corrected chi connectivity index (χ3v) is 4.21. The van der Waals surface area contributed by atoms with E-state index in [1.165, 1.54) is 26.4 Å². The fraction of sp³-hybridized carbons (Fsp3) is 0.286. The van der Waals surface area contributed by atoms with Gasteiger partial charge in [-0.15, -0.1) is 0 Å². The molecular weight excluding hydrogens is 324 g/mol. The Morgan fingerprint density at radius 2 is 1.55 bits per heavy atom. The summed E-state index contributed by atoms with van der Waals surface area (Å²) in [5.74, 6) is -1.10. The summed E-state index contributed by atoms with van der Waals surface area (Å²) >= 11 is 4.76. The van der Waals surface area contributed by atoms with Crippen molar-refractivity contribution in [2.24, 2.45) is 0 Å². The first kappa shape index (κ1) is 19.9. The molecule has 0 saturated heterocycles. The van der Waals surface area contributed by atoms with Gasteiger partial charge in [0.05, 0.1) is 25.3 Å². The molecule has 0 unspecified atom stereocenters. The van der Waals surface area contributed by atoms with Gasteiger partial charge in [0.25, 0.3) is 4.32 Å². The van der Waals surface area contributed by atoms with Crippen LogP contribution in [0.15, 0.2) is 24.3 Å². The molecule has 118 valence electrons. The molecule has 0 aliphatic rings. The van der Waals surface area contributed by atoms with E-state index in [0.717, 1.165) is 0 Å². The number of thiocarbonyl (C=S) groups is 1. The SMILES string of the molecule is COC(=O)c1ccccc1C(=O)OC.C[S+](C)C(=S)NC#N. The van der Waals surface area contributed by atoms with E-state index in [1.54, 1.807) is 18.3 Å². The Bertz CT molecular complexity index is 547. The van der Waals surface area contributed by atoms with Crippen LogP contribution >= 0.6 is 12.2 Å². The van der Waals surface area contributed by atoms with Crippen LogP contribution in [0.4, 0.5) is 0 Å². The third kappa shape index (κ3) is 6.56. The van der Waals surface area contributed by atoms with Crippen molar-refractivity contribution in [1.29, 1.82) is 5.26 Å². The van der Waals surface area contributed by atoms with Gasteiger partial charge in [-0.2, -0.15) is 5.26 Å².